The summed E-state index contributed by atoms with van der Waals surface area (Å²) in [5, 5.41) is 14.2. The van der Waals surface area contributed by atoms with Gasteiger partial charge in [0.1, 0.15) is 6.10 Å². The lowest BCUT2D eigenvalue weighted by Gasteiger charge is -2.40. The molecule has 158 valence electrons. The zero-order valence-electron chi connectivity index (χ0n) is 16.9. The molecular formula is C21H31N5O3. The van der Waals surface area contributed by atoms with Gasteiger partial charge in [-0.2, -0.15) is 0 Å². The van der Waals surface area contributed by atoms with E-state index in [1.54, 1.807) is 0 Å². The average Bonchev–Trinajstić information content (AvgIpc) is 3.34. The SMILES string of the molecule is O=C1[C@H](OC[C@@H]2CCCN2)CCN1[C@@H]1CCN(c2ncc(C3CC3)cn2)C[C@H]1O. The van der Waals surface area contributed by atoms with Gasteiger partial charge in [-0.25, -0.2) is 9.97 Å². The van der Waals surface area contributed by atoms with E-state index in [1.165, 1.54) is 24.8 Å². The van der Waals surface area contributed by atoms with E-state index < -0.39 is 6.10 Å². The van der Waals surface area contributed by atoms with Crippen LogP contribution >= 0.6 is 0 Å². The fraction of sp³-hybridized carbons (Fsp3) is 0.762. The minimum atomic E-state index is -0.602. The van der Waals surface area contributed by atoms with Gasteiger partial charge in [0.2, 0.25) is 5.95 Å². The van der Waals surface area contributed by atoms with Crippen LogP contribution in [0.5, 0.6) is 0 Å². The lowest BCUT2D eigenvalue weighted by molar-refractivity contribution is -0.142. The number of aliphatic hydroxyl groups excluding tert-OH is 1. The van der Waals surface area contributed by atoms with Gasteiger partial charge in [-0.15, -0.1) is 0 Å². The van der Waals surface area contributed by atoms with E-state index in [9.17, 15) is 9.90 Å². The predicted octanol–water partition coefficient (Wildman–Crippen LogP) is 0.663. The first-order valence-electron chi connectivity index (χ1n) is 11.1. The van der Waals surface area contributed by atoms with Crippen LogP contribution in [-0.4, -0.2) is 83.0 Å². The second-order valence-electron chi connectivity index (χ2n) is 8.90. The highest BCUT2D eigenvalue weighted by Crippen LogP contribution is 2.39. The number of likely N-dealkylation sites (tertiary alicyclic amines) is 1. The van der Waals surface area contributed by atoms with Gasteiger partial charge in [-0.3, -0.25) is 4.79 Å². The van der Waals surface area contributed by atoms with Crippen LogP contribution in [-0.2, 0) is 9.53 Å². The van der Waals surface area contributed by atoms with Gasteiger partial charge in [0.15, 0.2) is 0 Å². The number of piperidine rings is 1. The fourth-order valence-corrected chi connectivity index (χ4v) is 4.88. The summed E-state index contributed by atoms with van der Waals surface area (Å²) in [6, 6.07) is 0.222. The minimum Gasteiger partial charge on any atom is -0.389 e. The Kier molecular flexibility index (Phi) is 5.41. The maximum atomic E-state index is 12.8. The maximum Gasteiger partial charge on any atom is 0.252 e. The van der Waals surface area contributed by atoms with Crippen molar-refractivity contribution in [2.45, 2.75) is 68.7 Å². The molecule has 1 aromatic heterocycles. The molecule has 29 heavy (non-hydrogen) atoms. The zero-order valence-corrected chi connectivity index (χ0v) is 16.9. The first-order valence-corrected chi connectivity index (χ1v) is 11.1. The molecule has 0 bridgehead atoms. The third kappa shape index (κ3) is 4.11. The molecule has 0 radical (unpaired) electrons. The molecule has 8 nitrogen and oxygen atoms in total. The summed E-state index contributed by atoms with van der Waals surface area (Å²) < 4.78 is 5.92. The number of carbonyl (C=O) groups excluding carboxylic acids is 1. The van der Waals surface area contributed by atoms with Gasteiger partial charge in [0.05, 0.1) is 18.8 Å². The van der Waals surface area contributed by atoms with E-state index in [4.69, 9.17) is 4.74 Å². The van der Waals surface area contributed by atoms with Crippen molar-refractivity contribution < 1.29 is 14.6 Å². The lowest BCUT2D eigenvalue weighted by atomic mass is 10.0. The number of aromatic nitrogens is 2. The summed E-state index contributed by atoms with van der Waals surface area (Å²) in [4.78, 5) is 25.7. The number of anilines is 1. The zero-order chi connectivity index (χ0) is 19.8. The molecule has 5 rings (SSSR count). The molecule has 3 saturated heterocycles. The normalized spacial score (nSPS) is 32.9. The van der Waals surface area contributed by atoms with Crippen molar-refractivity contribution in [1.29, 1.82) is 0 Å². The summed E-state index contributed by atoms with van der Waals surface area (Å²) in [7, 11) is 0. The number of ether oxygens (including phenoxy) is 1. The number of carbonyl (C=O) groups is 1. The number of β-amino-alcohol motifs (C(OH)–C–C–N with tert-alkyl or cyclic N) is 1. The van der Waals surface area contributed by atoms with Crippen LogP contribution in [0.1, 0.15) is 50.0 Å². The summed E-state index contributed by atoms with van der Waals surface area (Å²) in [5.74, 6) is 1.34. The van der Waals surface area contributed by atoms with E-state index in [0.717, 1.165) is 25.9 Å². The van der Waals surface area contributed by atoms with Crippen LogP contribution in [0.2, 0.25) is 0 Å². The van der Waals surface area contributed by atoms with Crippen LogP contribution < -0.4 is 10.2 Å². The molecule has 4 aliphatic rings. The van der Waals surface area contributed by atoms with E-state index in [1.807, 2.05) is 22.2 Å². The molecule has 1 saturated carbocycles. The van der Waals surface area contributed by atoms with Crippen molar-refractivity contribution in [2.75, 3.05) is 37.7 Å². The molecule has 8 heteroatoms. The molecule has 4 heterocycles. The number of amides is 1. The maximum absolute atomic E-state index is 12.8. The highest BCUT2D eigenvalue weighted by atomic mass is 16.5. The lowest BCUT2D eigenvalue weighted by Crippen LogP contribution is -2.55. The van der Waals surface area contributed by atoms with E-state index in [2.05, 4.69) is 15.3 Å². The Bertz CT molecular complexity index is 720. The average molecular weight is 402 g/mol. The van der Waals surface area contributed by atoms with Crippen LogP contribution in [0.4, 0.5) is 5.95 Å². The van der Waals surface area contributed by atoms with Crippen molar-refractivity contribution in [3.8, 4) is 0 Å². The summed E-state index contributed by atoms with van der Waals surface area (Å²) in [6.45, 7) is 3.49. The Morgan fingerprint density at radius 1 is 1.14 bits per heavy atom. The first-order chi connectivity index (χ1) is 14.2. The molecule has 4 atom stereocenters. The van der Waals surface area contributed by atoms with E-state index in [0.29, 0.717) is 44.0 Å². The molecular weight excluding hydrogens is 370 g/mol. The highest BCUT2D eigenvalue weighted by molar-refractivity contribution is 5.83. The van der Waals surface area contributed by atoms with Crippen molar-refractivity contribution in [2.24, 2.45) is 0 Å². The standard InChI is InChI=1S/C21H31N5O3/c27-18-12-25(21-23-10-15(11-24-21)14-3-4-14)8-5-17(18)26-9-6-19(20(26)28)29-13-16-2-1-7-22-16/h10-11,14,16-19,22,27H,1-9,12-13H2/t16-,17+,18+,19+/m0/s1. The number of aliphatic hydroxyl groups is 1. The number of hydrogen-bond donors (Lipinski definition) is 2. The van der Waals surface area contributed by atoms with Crippen LogP contribution in [0.3, 0.4) is 0 Å². The molecule has 1 amide bonds. The second kappa shape index (κ2) is 8.16. The Hall–Kier alpha value is -1.77. The molecule has 1 aliphatic carbocycles. The third-order valence-electron chi connectivity index (χ3n) is 6.79. The number of hydrogen-bond acceptors (Lipinski definition) is 7. The van der Waals surface area contributed by atoms with Crippen molar-refractivity contribution in [3.05, 3.63) is 18.0 Å². The Morgan fingerprint density at radius 3 is 2.66 bits per heavy atom. The largest absolute Gasteiger partial charge is 0.389 e. The van der Waals surface area contributed by atoms with Crippen molar-refractivity contribution in [3.63, 3.8) is 0 Å². The molecule has 0 spiro atoms. The second-order valence-corrected chi connectivity index (χ2v) is 8.90. The van der Waals surface area contributed by atoms with Crippen molar-refractivity contribution in [1.82, 2.24) is 20.2 Å². The van der Waals surface area contributed by atoms with Gasteiger partial charge in [0.25, 0.3) is 5.91 Å². The smallest absolute Gasteiger partial charge is 0.252 e. The molecule has 0 unspecified atom stereocenters. The number of nitrogens with zero attached hydrogens (tertiary/aromatic N) is 4. The third-order valence-corrected chi connectivity index (χ3v) is 6.79. The van der Waals surface area contributed by atoms with Gasteiger partial charge in [-0.1, -0.05) is 0 Å². The predicted molar refractivity (Wildman–Crippen MR) is 108 cm³/mol. The summed E-state index contributed by atoms with van der Waals surface area (Å²) in [5.41, 5.74) is 1.21. The quantitative estimate of drug-likeness (QED) is 0.724. The highest BCUT2D eigenvalue weighted by Gasteiger charge is 2.42. The van der Waals surface area contributed by atoms with Crippen LogP contribution in [0.15, 0.2) is 12.4 Å². The molecule has 1 aromatic rings. The topological polar surface area (TPSA) is 90.8 Å². The van der Waals surface area contributed by atoms with Crippen molar-refractivity contribution >= 4 is 11.9 Å². The van der Waals surface area contributed by atoms with E-state index in [-0.39, 0.29) is 18.1 Å². The Balaban J connectivity index is 1.15. The van der Waals surface area contributed by atoms with Gasteiger partial charge < -0.3 is 25.0 Å². The van der Waals surface area contributed by atoms with Gasteiger partial charge in [-0.05, 0) is 50.1 Å². The molecule has 2 N–H and O–H groups in total. The molecule has 4 fully saturated rings. The molecule has 3 aliphatic heterocycles. The minimum absolute atomic E-state index is 0.0329. The Morgan fingerprint density at radius 2 is 1.97 bits per heavy atom. The monoisotopic (exact) mass is 401 g/mol. The van der Waals surface area contributed by atoms with Crippen LogP contribution in [0, 0.1) is 0 Å². The Labute approximate surface area is 171 Å². The fourth-order valence-electron chi connectivity index (χ4n) is 4.88. The first kappa shape index (κ1) is 19.2. The van der Waals surface area contributed by atoms with Gasteiger partial charge >= 0.3 is 0 Å². The summed E-state index contributed by atoms with van der Waals surface area (Å²) in [6.07, 6.45) is 9.07. The van der Waals surface area contributed by atoms with Crippen LogP contribution in [0.25, 0.3) is 0 Å². The number of nitrogens with one attached hydrogen (secondary N) is 1. The molecule has 0 aromatic carbocycles. The van der Waals surface area contributed by atoms with Gasteiger partial charge in [0, 0.05) is 44.5 Å². The summed E-state index contributed by atoms with van der Waals surface area (Å²) >= 11 is 0. The number of rotatable bonds is 6. The van der Waals surface area contributed by atoms with E-state index >= 15 is 0 Å².